The Morgan fingerprint density at radius 2 is 1.65 bits per heavy atom. The maximum atomic E-state index is 13.6. The first-order valence-corrected chi connectivity index (χ1v) is 7.96. The Labute approximate surface area is 144 Å². The average Bonchev–Trinajstić information content (AvgIpc) is 2.55. The SMILES string of the molecule is CCCCCNCc1ccccc1OCc1ccccc1F.Cl. The second-order valence-electron chi connectivity index (χ2n) is 5.37. The average molecular weight is 338 g/mol. The van der Waals surface area contributed by atoms with Crippen molar-refractivity contribution in [1.29, 1.82) is 0 Å². The summed E-state index contributed by atoms with van der Waals surface area (Å²) in [6.45, 7) is 4.23. The van der Waals surface area contributed by atoms with Gasteiger partial charge in [0.1, 0.15) is 18.2 Å². The second kappa shape index (κ2) is 11.0. The van der Waals surface area contributed by atoms with Crippen LogP contribution in [0.25, 0.3) is 0 Å². The third kappa shape index (κ3) is 6.59. The normalized spacial score (nSPS) is 10.2. The van der Waals surface area contributed by atoms with Crippen molar-refractivity contribution in [3.63, 3.8) is 0 Å². The molecule has 0 radical (unpaired) electrons. The van der Waals surface area contributed by atoms with E-state index >= 15 is 0 Å². The van der Waals surface area contributed by atoms with Crippen LogP contribution in [0.15, 0.2) is 48.5 Å². The summed E-state index contributed by atoms with van der Waals surface area (Å²) in [6.07, 6.45) is 3.66. The Hall–Kier alpha value is -1.58. The molecule has 0 amide bonds. The molecule has 0 aliphatic heterocycles. The molecule has 1 N–H and O–H groups in total. The maximum absolute atomic E-state index is 13.6. The van der Waals surface area contributed by atoms with Crippen LogP contribution in [0, 0.1) is 5.82 Å². The molecular weight excluding hydrogens is 313 g/mol. The van der Waals surface area contributed by atoms with Gasteiger partial charge >= 0.3 is 0 Å². The molecule has 0 aromatic heterocycles. The van der Waals surface area contributed by atoms with Crippen LogP contribution in [0.5, 0.6) is 5.75 Å². The summed E-state index contributed by atoms with van der Waals surface area (Å²) < 4.78 is 19.4. The van der Waals surface area contributed by atoms with Gasteiger partial charge in [0.25, 0.3) is 0 Å². The molecule has 0 atom stereocenters. The number of hydrogen-bond donors (Lipinski definition) is 1. The Morgan fingerprint density at radius 1 is 0.957 bits per heavy atom. The van der Waals surface area contributed by atoms with E-state index in [1.54, 1.807) is 12.1 Å². The van der Waals surface area contributed by atoms with Gasteiger partial charge in [-0.1, -0.05) is 56.2 Å². The van der Waals surface area contributed by atoms with Crippen LogP contribution in [-0.4, -0.2) is 6.54 Å². The zero-order valence-electron chi connectivity index (χ0n) is 13.6. The zero-order valence-corrected chi connectivity index (χ0v) is 14.4. The number of hydrogen-bond acceptors (Lipinski definition) is 2. The topological polar surface area (TPSA) is 21.3 Å². The molecule has 0 bridgehead atoms. The highest BCUT2D eigenvalue weighted by Gasteiger charge is 2.05. The minimum atomic E-state index is -0.224. The molecule has 0 saturated carbocycles. The lowest BCUT2D eigenvalue weighted by molar-refractivity contribution is 0.296. The number of benzene rings is 2. The van der Waals surface area contributed by atoms with E-state index in [0.29, 0.717) is 5.56 Å². The highest BCUT2D eigenvalue weighted by Crippen LogP contribution is 2.20. The van der Waals surface area contributed by atoms with Gasteiger partial charge in [-0.25, -0.2) is 4.39 Å². The summed E-state index contributed by atoms with van der Waals surface area (Å²) >= 11 is 0. The van der Waals surface area contributed by atoms with Crippen LogP contribution >= 0.6 is 12.4 Å². The van der Waals surface area contributed by atoms with E-state index in [1.165, 1.54) is 25.3 Å². The van der Waals surface area contributed by atoms with Crippen molar-refractivity contribution >= 4 is 12.4 Å². The van der Waals surface area contributed by atoms with Crippen LogP contribution in [0.2, 0.25) is 0 Å². The molecule has 0 unspecified atom stereocenters. The quantitative estimate of drug-likeness (QED) is 0.642. The van der Waals surface area contributed by atoms with Gasteiger partial charge in [-0.05, 0) is 25.1 Å². The van der Waals surface area contributed by atoms with Gasteiger partial charge in [-0.15, -0.1) is 12.4 Å². The molecule has 0 saturated heterocycles. The number of ether oxygens (including phenoxy) is 1. The summed E-state index contributed by atoms with van der Waals surface area (Å²) in [7, 11) is 0. The van der Waals surface area contributed by atoms with Crippen molar-refractivity contribution in [2.24, 2.45) is 0 Å². The second-order valence-corrected chi connectivity index (χ2v) is 5.37. The number of halogens is 2. The maximum Gasteiger partial charge on any atom is 0.129 e. The van der Waals surface area contributed by atoms with Crippen molar-refractivity contribution in [3.05, 3.63) is 65.5 Å². The van der Waals surface area contributed by atoms with Crippen molar-refractivity contribution < 1.29 is 9.13 Å². The molecule has 0 aliphatic carbocycles. The first-order valence-electron chi connectivity index (χ1n) is 7.96. The molecule has 2 aromatic carbocycles. The lowest BCUT2D eigenvalue weighted by Crippen LogP contribution is -2.15. The van der Waals surface area contributed by atoms with Gasteiger partial charge in [-0.2, -0.15) is 0 Å². The predicted octanol–water partition coefficient (Wildman–Crippen LogP) is 5.11. The first kappa shape index (κ1) is 19.5. The molecule has 126 valence electrons. The molecule has 4 heteroatoms. The molecule has 23 heavy (non-hydrogen) atoms. The molecule has 0 aliphatic rings. The van der Waals surface area contributed by atoms with Crippen molar-refractivity contribution in [1.82, 2.24) is 5.32 Å². The van der Waals surface area contributed by atoms with E-state index < -0.39 is 0 Å². The van der Waals surface area contributed by atoms with Gasteiger partial charge in [0.2, 0.25) is 0 Å². The molecule has 0 fully saturated rings. The monoisotopic (exact) mass is 337 g/mol. The lowest BCUT2D eigenvalue weighted by atomic mass is 10.2. The summed E-state index contributed by atoms with van der Waals surface area (Å²) in [6, 6.07) is 14.6. The van der Waals surface area contributed by atoms with Gasteiger partial charge in [-0.3, -0.25) is 0 Å². The van der Waals surface area contributed by atoms with E-state index in [-0.39, 0.29) is 24.8 Å². The largest absolute Gasteiger partial charge is 0.488 e. The first-order chi connectivity index (χ1) is 10.8. The van der Waals surface area contributed by atoms with Crippen LogP contribution in [-0.2, 0) is 13.2 Å². The van der Waals surface area contributed by atoms with Gasteiger partial charge in [0, 0.05) is 17.7 Å². The summed E-state index contributed by atoms with van der Waals surface area (Å²) in [5.41, 5.74) is 1.68. The van der Waals surface area contributed by atoms with E-state index in [1.807, 2.05) is 30.3 Å². The highest BCUT2D eigenvalue weighted by molar-refractivity contribution is 5.85. The van der Waals surface area contributed by atoms with Gasteiger partial charge in [0.05, 0.1) is 0 Å². The van der Waals surface area contributed by atoms with Gasteiger partial charge < -0.3 is 10.1 Å². The third-order valence-corrected chi connectivity index (χ3v) is 3.59. The standard InChI is InChI=1S/C19H24FNO.ClH/c1-2-3-8-13-21-14-16-9-5-7-12-19(16)22-15-17-10-4-6-11-18(17)20;/h4-7,9-12,21H,2-3,8,13-15H2,1H3;1H. The molecule has 0 spiro atoms. The van der Waals surface area contributed by atoms with Crippen molar-refractivity contribution in [2.45, 2.75) is 39.3 Å². The fourth-order valence-corrected chi connectivity index (χ4v) is 2.28. The zero-order chi connectivity index (χ0) is 15.6. The number of nitrogens with one attached hydrogen (secondary N) is 1. The molecule has 2 aromatic rings. The molecule has 0 heterocycles. The number of para-hydroxylation sites is 1. The summed E-state index contributed by atoms with van der Waals surface area (Å²) in [4.78, 5) is 0. The van der Waals surface area contributed by atoms with E-state index in [2.05, 4.69) is 12.2 Å². The Balaban J connectivity index is 0.00000264. The Bertz CT molecular complexity index is 577. The molecular formula is C19H25ClFNO. The molecule has 2 rings (SSSR count). The Kier molecular flexibility index (Phi) is 9.34. The Morgan fingerprint density at radius 3 is 2.39 bits per heavy atom. The van der Waals surface area contributed by atoms with E-state index in [0.717, 1.165) is 24.4 Å². The van der Waals surface area contributed by atoms with Gasteiger partial charge in [0.15, 0.2) is 0 Å². The van der Waals surface area contributed by atoms with Crippen LogP contribution in [0.3, 0.4) is 0 Å². The van der Waals surface area contributed by atoms with Crippen LogP contribution < -0.4 is 10.1 Å². The lowest BCUT2D eigenvalue weighted by Gasteiger charge is -2.12. The van der Waals surface area contributed by atoms with Crippen LogP contribution in [0.1, 0.15) is 37.3 Å². The fraction of sp³-hybridized carbons (Fsp3) is 0.368. The smallest absolute Gasteiger partial charge is 0.129 e. The minimum Gasteiger partial charge on any atom is -0.488 e. The summed E-state index contributed by atoms with van der Waals surface area (Å²) in [5.74, 6) is 0.589. The number of unbranched alkanes of at least 4 members (excludes halogenated alkanes) is 2. The van der Waals surface area contributed by atoms with Crippen LogP contribution in [0.4, 0.5) is 4.39 Å². The highest BCUT2D eigenvalue weighted by atomic mass is 35.5. The summed E-state index contributed by atoms with van der Waals surface area (Å²) in [5, 5.41) is 3.43. The number of rotatable bonds is 9. The minimum absolute atomic E-state index is 0. The van der Waals surface area contributed by atoms with E-state index in [4.69, 9.17) is 4.74 Å². The molecule has 2 nitrogen and oxygen atoms in total. The predicted molar refractivity (Wildman–Crippen MR) is 95.7 cm³/mol. The van der Waals surface area contributed by atoms with Crippen molar-refractivity contribution in [3.8, 4) is 5.75 Å². The van der Waals surface area contributed by atoms with Crippen molar-refractivity contribution in [2.75, 3.05) is 6.54 Å². The van der Waals surface area contributed by atoms with E-state index in [9.17, 15) is 4.39 Å². The third-order valence-electron chi connectivity index (χ3n) is 3.59. The fourth-order valence-electron chi connectivity index (χ4n) is 2.28.